The van der Waals surface area contributed by atoms with E-state index in [2.05, 4.69) is 58.9 Å². The zero-order valence-corrected chi connectivity index (χ0v) is 18.2. The van der Waals surface area contributed by atoms with Crippen LogP contribution in [-0.2, 0) is 13.5 Å². The molecule has 0 saturated carbocycles. The number of aryl methyl sites for hydroxylation is 1. The van der Waals surface area contributed by atoms with Crippen LogP contribution in [0.2, 0.25) is 0 Å². The SMILES string of the molecule is CC#Cc1c2c3c(cccc3n1C)[C@H]1C[C@H](NC(=O)N(CC)CC)CN(C)[C@@H]1C2. The summed E-state index contributed by atoms with van der Waals surface area (Å²) in [4.78, 5) is 16.9. The number of carbonyl (C=O) groups excluding carboxylic acids is 1. The molecule has 3 atom stereocenters. The summed E-state index contributed by atoms with van der Waals surface area (Å²) in [6.07, 6.45) is 2.01. The Kier molecular flexibility index (Phi) is 5.31. The van der Waals surface area contributed by atoms with Gasteiger partial charge < -0.3 is 19.7 Å². The summed E-state index contributed by atoms with van der Waals surface area (Å²) in [7, 11) is 4.33. The first-order valence-corrected chi connectivity index (χ1v) is 10.8. The van der Waals surface area contributed by atoms with E-state index in [9.17, 15) is 4.79 Å². The summed E-state index contributed by atoms with van der Waals surface area (Å²) in [5.74, 6) is 6.88. The van der Waals surface area contributed by atoms with Crippen molar-refractivity contribution in [3.63, 3.8) is 0 Å². The molecule has 1 aliphatic heterocycles. The van der Waals surface area contributed by atoms with Crippen LogP contribution in [0.25, 0.3) is 10.9 Å². The van der Waals surface area contributed by atoms with E-state index < -0.39 is 0 Å². The molecule has 4 rings (SSSR count). The van der Waals surface area contributed by atoms with Crippen molar-refractivity contribution in [2.75, 3.05) is 26.7 Å². The lowest BCUT2D eigenvalue weighted by atomic mass is 9.73. The van der Waals surface area contributed by atoms with E-state index in [0.717, 1.165) is 38.2 Å². The second-order valence-electron chi connectivity index (χ2n) is 8.37. The van der Waals surface area contributed by atoms with Gasteiger partial charge in [-0.05, 0) is 63.8 Å². The van der Waals surface area contributed by atoms with Gasteiger partial charge in [-0.2, -0.15) is 0 Å². The lowest BCUT2D eigenvalue weighted by molar-refractivity contribution is 0.124. The maximum absolute atomic E-state index is 12.6. The van der Waals surface area contributed by atoms with Crippen LogP contribution in [0, 0.1) is 11.8 Å². The van der Waals surface area contributed by atoms with Gasteiger partial charge in [0.15, 0.2) is 0 Å². The van der Waals surface area contributed by atoms with E-state index in [-0.39, 0.29) is 12.1 Å². The number of amides is 2. The van der Waals surface area contributed by atoms with Gasteiger partial charge in [0.1, 0.15) is 0 Å². The van der Waals surface area contributed by atoms with Crippen LogP contribution in [-0.4, -0.2) is 59.2 Å². The molecule has 1 saturated heterocycles. The molecule has 1 fully saturated rings. The van der Waals surface area contributed by atoms with Gasteiger partial charge in [0.05, 0.1) is 5.69 Å². The van der Waals surface area contributed by atoms with Crippen molar-refractivity contribution in [2.24, 2.45) is 7.05 Å². The summed E-state index contributed by atoms with van der Waals surface area (Å²) in [5.41, 5.74) is 5.23. The highest BCUT2D eigenvalue weighted by Gasteiger charge is 2.41. The van der Waals surface area contributed by atoms with Crippen molar-refractivity contribution in [1.29, 1.82) is 0 Å². The van der Waals surface area contributed by atoms with Gasteiger partial charge in [-0.15, -0.1) is 0 Å². The molecule has 2 heterocycles. The van der Waals surface area contributed by atoms with E-state index in [0.29, 0.717) is 12.0 Å². The van der Waals surface area contributed by atoms with E-state index in [4.69, 9.17) is 0 Å². The molecule has 29 heavy (non-hydrogen) atoms. The number of benzene rings is 1. The molecule has 1 aromatic heterocycles. The first kappa shape index (κ1) is 19.8. The van der Waals surface area contributed by atoms with Crippen molar-refractivity contribution in [3.05, 3.63) is 35.0 Å². The molecule has 0 unspecified atom stereocenters. The number of hydrogen-bond donors (Lipinski definition) is 1. The number of likely N-dealkylation sites (tertiary alicyclic amines) is 1. The number of aromatic nitrogens is 1. The predicted octanol–water partition coefficient (Wildman–Crippen LogP) is 3.31. The van der Waals surface area contributed by atoms with Gasteiger partial charge in [0.25, 0.3) is 0 Å². The van der Waals surface area contributed by atoms with Crippen LogP contribution in [0.3, 0.4) is 0 Å². The molecule has 0 spiro atoms. The Morgan fingerprint density at radius 1 is 1.28 bits per heavy atom. The Labute approximate surface area is 174 Å². The topological polar surface area (TPSA) is 40.5 Å². The fourth-order valence-corrected chi connectivity index (χ4v) is 5.44. The summed E-state index contributed by atoms with van der Waals surface area (Å²) >= 11 is 0. The van der Waals surface area contributed by atoms with E-state index in [1.54, 1.807) is 0 Å². The lowest BCUT2D eigenvalue weighted by Gasteiger charge is -2.46. The van der Waals surface area contributed by atoms with E-state index in [1.165, 1.54) is 22.0 Å². The minimum atomic E-state index is 0.0572. The van der Waals surface area contributed by atoms with Crippen molar-refractivity contribution in [3.8, 4) is 11.8 Å². The number of hydrogen-bond acceptors (Lipinski definition) is 2. The Morgan fingerprint density at radius 2 is 2.03 bits per heavy atom. The van der Waals surface area contributed by atoms with Crippen molar-refractivity contribution >= 4 is 16.9 Å². The second-order valence-corrected chi connectivity index (χ2v) is 8.37. The highest BCUT2D eigenvalue weighted by atomic mass is 16.2. The fourth-order valence-electron chi connectivity index (χ4n) is 5.44. The summed E-state index contributed by atoms with van der Waals surface area (Å²) in [6, 6.07) is 7.34. The van der Waals surface area contributed by atoms with Crippen LogP contribution >= 0.6 is 0 Å². The quantitative estimate of drug-likeness (QED) is 0.814. The Hall–Kier alpha value is -2.45. The molecule has 1 aliphatic carbocycles. The average Bonchev–Trinajstić information content (AvgIpc) is 2.97. The zero-order chi connectivity index (χ0) is 20.7. The first-order valence-electron chi connectivity index (χ1n) is 10.8. The highest BCUT2D eigenvalue weighted by molar-refractivity contribution is 5.91. The van der Waals surface area contributed by atoms with Crippen LogP contribution in [0.5, 0.6) is 0 Å². The highest BCUT2D eigenvalue weighted by Crippen LogP contribution is 2.44. The Bertz CT molecular complexity index is 992. The van der Waals surface area contributed by atoms with Gasteiger partial charge in [0.2, 0.25) is 0 Å². The van der Waals surface area contributed by atoms with Gasteiger partial charge in [-0.3, -0.25) is 0 Å². The van der Waals surface area contributed by atoms with Crippen LogP contribution in [0.1, 0.15) is 49.9 Å². The molecule has 2 amide bonds. The van der Waals surface area contributed by atoms with E-state index in [1.807, 2.05) is 25.7 Å². The standard InChI is InChI=1S/C24H32N4O/c1-6-10-20-19-14-22-18(17-11-9-12-21(23(17)19)27(20)5)13-16(15-26(22)4)25-24(29)28(7-2)8-3/h9,11-12,16,18,22H,7-8,13-15H2,1-5H3,(H,25,29)/t16-,18+,22+/m0/s1. The average molecular weight is 393 g/mol. The van der Waals surface area contributed by atoms with Crippen LogP contribution < -0.4 is 5.32 Å². The van der Waals surface area contributed by atoms with Crippen molar-refractivity contribution in [1.82, 2.24) is 19.7 Å². The van der Waals surface area contributed by atoms with Crippen LogP contribution in [0.4, 0.5) is 4.79 Å². The normalized spacial score (nSPS) is 23.3. The van der Waals surface area contributed by atoms with Gasteiger partial charge >= 0.3 is 6.03 Å². The number of piperidine rings is 1. The third-order valence-electron chi connectivity index (χ3n) is 6.87. The maximum atomic E-state index is 12.6. The van der Waals surface area contributed by atoms with Crippen molar-refractivity contribution < 1.29 is 4.79 Å². The molecule has 2 aliphatic rings. The van der Waals surface area contributed by atoms with Gasteiger partial charge in [-0.1, -0.05) is 18.1 Å². The Morgan fingerprint density at radius 3 is 2.72 bits per heavy atom. The Balaban J connectivity index is 1.70. The number of fused-ring (bicyclic) bond motifs is 2. The molecule has 0 radical (unpaired) electrons. The smallest absolute Gasteiger partial charge is 0.317 e. The number of nitrogens with one attached hydrogen (secondary N) is 1. The molecular weight excluding hydrogens is 360 g/mol. The summed E-state index contributed by atoms with van der Waals surface area (Å²) in [5, 5.41) is 4.68. The molecule has 1 N–H and O–H groups in total. The fraction of sp³-hybridized carbons (Fsp3) is 0.542. The summed E-state index contributed by atoms with van der Waals surface area (Å²) in [6.45, 7) is 8.34. The number of likely N-dealkylation sites (N-methyl/N-ethyl adjacent to an activating group) is 1. The van der Waals surface area contributed by atoms with Gasteiger partial charge in [0, 0.05) is 55.6 Å². The third kappa shape index (κ3) is 3.20. The third-order valence-corrected chi connectivity index (χ3v) is 6.87. The zero-order valence-electron chi connectivity index (χ0n) is 18.2. The molecule has 5 heteroatoms. The molecule has 5 nitrogen and oxygen atoms in total. The predicted molar refractivity (Wildman–Crippen MR) is 118 cm³/mol. The molecule has 154 valence electrons. The molecule has 2 aromatic rings. The minimum absolute atomic E-state index is 0.0572. The second kappa shape index (κ2) is 7.76. The number of carbonyl (C=O) groups is 1. The maximum Gasteiger partial charge on any atom is 0.317 e. The minimum Gasteiger partial charge on any atom is -0.337 e. The number of urea groups is 1. The largest absolute Gasteiger partial charge is 0.337 e. The van der Waals surface area contributed by atoms with Gasteiger partial charge in [-0.25, -0.2) is 4.79 Å². The first-order chi connectivity index (χ1) is 14.0. The van der Waals surface area contributed by atoms with Crippen molar-refractivity contribution in [2.45, 2.75) is 51.6 Å². The number of nitrogens with zero attached hydrogens (tertiary/aromatic N) is 3. The molecule has 0 bridgehead atoms. The number of rotatable bonds is 3. The lowest BCUT2D eigenvalue weighted by Crippen LogP contribution is -2.56. The van der Waals surface area contributed by atoms with Crippen LogP contribution in [0.15, 0.2) is 18.2 Å². The summed E-state index contributed by atoms with van der Waals surface area (Å²) < 4.78 is 2.25. The monoisotopic (exact) mass is 392 g/mol. The molecule has 1 aromatic carbocycles. The molecular formula is C24H32N4O. The van der Waals surface area contributed by atoms with E-state index >= 15 is 0 Å².